The number of ether oxygens (including phenoxy) is 9. The molecule has 15 nitrogen and oxygen atoms in total. The number of hydrogen-bond acceptors (Lipinski definition) is 15. The number of aliphatic hydroxyl groups excluding tert-OH is 2. The molecule has 0 spiro atoms. The minimum Gasteiger partial charge on any atom is -0.430 e. The van der Waals surface area contributed by atoms with Gasteiger partial charge in [-0.25, -0.2) is 19.2 Å². The second kappa shape index (κ2) is 20.6. The van der Waals surface area contributed by atoms with Crippen LogP contribution in [0.1, 0.15) is 66.2 Å². The van der Waals surface area contributed by atoms with Gasteiger partial charge in [-0.05, 0) is 78.1 Å². The van der Waals surface area contributed by atoms with Gasteiger partial charge in [-0.15, -0.1) is 13.2 Å². The van der Waals surface area contributed by atoms with Crippen molar-refractivity contribution in [2.75, 3.05) is 26.4 Å². The number of hydrogen-bond donors (Lipinski definition) is 2. The lowest BCUT2D eigenvalue weighted by Gasteiger charge is -2.31. The van der Waals surface area contributed by atoms with Gasteiger partial charge in [0.1, 0.15) is 49.8 Å². The van der Waals surface area contributed by atoms with Crippen molar-refractivity contribution in [2.24, 2.45) is 11.8 Å². The maximum absolute atomic E-state index is 12.1. The Bertz CT molecular complexity index is 1020. The fraction of sp³-hybridized carbons (Fsp3) is 0.750. The molecule has 15 heteroatoms. The van der Waals surface area contributed by atoms with Crippen molar-refractivity contribution in [3.63, 3.8) is 0 Å². The van der Waals surface area contributed by atoms with Crippen molar-refractivity contribution >= 4 is 24.6 Å². The van der Waals surface area contributed by atoms with E-state index in [-0.39, 0.29) is 38.3 Å². The molecule has 0 aromatic rings. The molecule has 268 valence electrons. The van der Waals surface area contributed by atoms with Crippen LogP contribution in [0.25, 0.3) is 0 Å². The highest BCUT2D eigenvalue weighted by Crippen LogP contribution is 2.28. The molecule has 2 N–H and O–H groups in total. The Hall–Kier alpha value is -3.56. The number of aliphatic hydroxyl groups is 2. The largest absolute Gasteiger partial charge is 0.509 e. The summed E-state index contributed by atoms with van der Waals surface area (Å²) in [5.41, 5.74) is 0. The van der Waals surface area contributed by atoms with Crippen molar-refractivity contribution in [1.29, 1.82) is 0 Å². The van der Waals surface area contributed by atoms with Crippen molar-refractivity contribution < 1.29 is 72.0 Å². The van der Waals surface area contributed by atoms with Gasteiger partial charge in [-0.3, -0.25) is 0 Å². The van der Waals surface area contributed by atoms with Gasteiger partial charge >= 0.3 is 24.6 Å². The number of rotatable bonds is 16. The fourth-order valence-corrected chi connectivity index (χ4v) is 4.92. The standard InChI is InChI=1S/C32H50O15/c1-7-23-10-12-27(26(34)13-23)46-31(37)44-21(5)17-40-29(35)42-19(3)15-39-16-20(4)43-30(36)41-18-22(6)45-32(38)47-28-14-24(8-2)9-11-25(28)33/h7-8,19-28,33-34H,1-2,9-18H2,3-6H3. The third kappa shape index (κ3) is 15.7. The molecule has 2 aliphatic carbocycles. The molecule has 10 atom stereocenters. The van der Waals surface area contributed by atoms with Crippen LogP contribution >= 0.6 is 0 Å². The first-order valence-electron chi connectivity index (χ1n) is 15.9. The molecule has 47 heavy (non-hydrogen) atoms. The van der Waals surface area contributed by atoms with Crippen LogP contribution < -0.4 is 0 Å². The Labute approximate surface area is 275 Å². The maximum Gasteiger partial charge on any atom is 0.509 e. The topological polar surface area (TPSA) is 192 Å². The van der Waals surface area contributed by atoms with Crippen LogP contribution in [0.3, 0.4) is 0 Å². The summed E-state index contributed by atoms with van der Waals surface area (Å²) in [6.45, 7) is 12.9. The summed E-state index contributed by atoms with van der Waals surface area (Å²) in [5, 5.41) is 20.2. The minimum absolute atomic E-state index is 0.0388. The monoisotopic (exact) mass is 674 g/mol. The SMILES string of the molecule is C=CC1CCC(OC(=O)OC(C)COC(=O)OC(C)COCC(C)OC(=O)OCC(C)OC(=O)OC2CC(C=C)CCC2O)C(O)C1. The normalized spacial score (nSPS) is 26.6. The molecule has 0 aliphatic heterocycles. The van der Waals surface area contributed by atoms with Crippen LogP contribution in [-0.4, -0.2) is 110 Å². The second-order valence-corrected chi connectivity index (χ2v) is 11.9. The van der Waals surface area contributed by atoms with E-state index in [1.165, 1.54) is 13.8 Å². The zero-order chi connectivity index (χ0) is 34.9. The van der Waals surface area contributed by atoms with E-state index in [1.807, 2.05) is 0 Å². The van der Waals surface area contributed by atoms with E-state index in [0.29, 0.717) is 25.7 Å². The Morgan fingerprint density at radius 1 is 0.596 bits per heavy atom. The number of carbonyl (C=O) groups excluding carboxylic acids is 4. The summed E-state index contributed by atoms with van der Waals surface area (Å²) in [7, 11) is 0. The first kappa shape index (κ1) is 39.6. The van der Waals surface area contributed by atoms with Gasteiger partial charge in [0.25, 0.3) is 0 Å². The quantitative estimate of drug-likeness (QED) is 0.131. The van der Waals surface area contributed by atoms with Crippen LogP contribution in [-0.2, 0) is 42.6 Å². The summed E-state index contributed by atoms with van der Waals surface area (Å²) in [5.74, 6) is 0.310. The molecule has 2 saturated carbocycles. The van der Waals surface area contributed by atoms with Crippen LogP contribution in [0, 0.1) is 11.8 Å². The van der Waals surface area contributed by atoms with Crippen LogP contribution in [0.5, 0.6) is 0 Å². The lowest BCUT2D eigenvalue weighted by atomic mass is 9.85. The van der Waals surface area contributed by atoms with Gasteiger partial charge in [-0.1, -0.05) is 12.2 Å². The van der Waals surface area contributed by atoms with E-state index in [2.05, 4.69) is 13.2 Å². The Balaban J connectivity index is 1.53. The highest BCUT2D eigenvalue weighted by atomic mass is 16.8. The number of carbonyl (C=O) groups is 4. The molecule has 0 radical (unpaired) electrons. The molecule has 2 rings (SSSR count). The smallest absolute Gasteiger partial charge is 0.430 e. The molecule has 0 saturated heterocycles. The van der Waals surface area contributed by atoms with Crippen LogP contribution in [0.2, 0.25) is 0 Å². The van der Waals surface area contributed by atoms with Gasteiger partial charge in [-0.2, -0.15) is 0 Å². The average molecular weight is 675 g/mol. The van der Waals surface area contributed by atoms with E-state index in [9.17, 15) is 29.4 Å². The molecular weight excluding hydrogens is 624 g/mol. The Morgan fingerprint density at radius 2 is 1.02 bits per heavy atom. The molecular formula is C32H50O15. The summed E-state index contributed by atoms with van der Waals surface area (Å²) in [6, 6.07) is 0. The van der Waals surface area contributed by atoms with E-state index in [1.54, 1.807) is 26.0 Å². The third-order valence-corrected chi connectivity index (χ3v) is 7.52. The van der Waals surface area contributed by atoms with Gasteiger partial charge in [0.05, 0.1) is 25.4 Å². The van der Waals surface area contributed by atoms with Crippen molar-refractivity contribution in [2.45, 2.75) is 115 Å². The summed E-state index contributed by atoms with van der Waals surface area (Å²) >= 11 is 0. The molecule has 0 bridgehead atoms. The van der Waals surface area contributed by atoms with Crippen molar-refractivity contribution in [3.8, 4) is 0 Å². The predicted molar refractivity (Wildman–Crippen MR) is 163 cm³/mol. The molecule has 10 unspecified atom stereocenters. The molecule has 0 aromatic heterocycles. The summed E-state index contributed by atoms with van der Waals surface area (Å²) in [6.07, 6.45) is -3.12. The van der Waals surface area contributed by atoms with E-state index in [4.69, 9.17) is 42.6 Å². The number of allylic oxidation sites excluding steroid dienone is 2. The zero-order valence-corrected chi connectivity index (χ0v) is 27.6. The third-order valence-electron chi connectivity index (χ3n) is 7.52. The molecule has 2 fully saturated rings. The van der Waals surface area contributed by atoms with Crippen LogP contribution in [0.15, 0.2) is 25.3 Å². The summed E-state index contributed by atoms with van der Waals surface area (Å²) in [4.78, 5) is 48.1. The molecule has 2 aliphatic rings. The van der Waals surface area contributed by atoms with Crippen molar-refractivity contribution in [3.05, 3.63) is 25.3 Å². The van der Waals surface area contributed by atoms with Gasteiger partial charge in [0.2, 0.25) is 0 Å². The van der Waals surface area contributed by atoms with Gasteiger partial charge in [0, 0.05) is 0 Å². The van der Waals surface area contributed by atoms with E-state index < -0.39 is 73.5 Å². The highest BCUT2D eigenvalue weighted by Gasteiger charge is 2.33. The lowest BCUT2D eigenvalue weighted by molar-refractivity contribution is -0.0752. The van der Waals surface area contributed by atoms with E-state index >= 15 is 0 Å². The first-order valence-corrected chi connectivity index (χ1v) is 15.9. The Kier molecular flexibility index (Phi) is 17.4. The molecule has 0 heterocycles. The lowest BCUT2D eigenvalue weighted by Crippen LogP contribution is -2.38. The fourth-order valence-electron chi connectivity index (χ4n) is 4.92. The average Bonchev–Trinajstić information content (AvgIpc) is 3.01. The second-order valence-electron chi connectivity index (χ2n) is 11.9. The van der Waals surface area contributed by atoms with Gasteiger partial charge < -0.3 is 52.8 Å². The predicted octanol–water partition coefficient (Wildman–Crippen LogP) is 4.60. The van der Waals surface area contributed by atoms with Gasteiger partial charge in [0.15, 0.2) is 0 Å². The van der Waals surface area contributed by atoms with Crippen LogP contribution in [0.4, 0.5) is 19.2 Å². The highest BCUT2D eigenvalue weighted by molar-refractivity contribution is 5.62. The summed E-state index contributed by atoms with van der Waals surface area (Å²) < 4.78 is 46.1. The maximum atomic E-state index is 12.1. The van der Waals surface area contributed by atoms with Crippen molar-refractivity contribution in [1.82, 2.24) is 0 Å². The zero-order valence-electron chi connectivity index (χ0n) is 27.6. The first-order chi connectivity index (χ1) is 22.3. The van der Waals surface area contributed by atoms with E-state index in [0.717, 1.165) is 12.8 Å². The molecule has 0 aromatic carbocycles. The molecule has 0 amide bonds. The minimum atomic E-state index is -1.01. The Morgan fingerprint density at radius 3 is 1.51 bits per heavy atom.